The van der Waals surface area contributed by atoms with Gasteiger partial charge in [-0.2, -0.15) is 0 Å². The largest absolute Gasteiger partial charge is 0.475 e. The summed E-state index contributed by atoms with van der Waals surface area (Å²) in [4.78, 5) is 18.4. The average molecular weight is 252 g/mol. The molecule has 2 aromatic rings. The molecule has 0 radical (unpaired) electrons. The van der Waals surface area contributed by atoms with Crippen molar-refractivity contribution in [2.45, 2.75) is 10.8 Å². The molecular weight excluding hydrogens is 244 g/mol. The molecule has 0 spiro atoms. The highest BCUT2D eigenvalue weighted by Crippen LogP contribution is 2.14. The van der Waals surface area contributed by atoms with Crippen LogP contribution in [-0.4, -0.2) is 25.3 Å². The lowest BCUT2D eigenvalue weighted by molar-refractivity contribution is 0.0656. The molecular formula is C10H8N2O4S. The molecule has 0 aliphatic carbocycles. The summed E-state index contributed by atoms with van der Waals surface area (Å²) in [6, 6.07) is 4.30. The van der Waals surface area contributed by atoms with E-state index in [-0.39, 0.29) is 16.6 Å². The molecule has 0 aromatic carbocycles. The first-order valence-corrected chi connectivity index (χ1v) is 5.96. The second kappa shape index (κ2) is 4.88. The predicted octanol–water partition coefficient (Wildman–Crippen LogP) is 1.08. The number of aromatic nitrogens is 2. The van der Waals surface area contributed by atoms with Crippen LogP contribution < -0.4 is 0 Å². The van der Waals surface area contributed by atoms with Gasteiger partial charge in [0.15, 0.2) is 5.09 Å². The normalized spacial score (nSPS) is 12.2. The van der Waals surface area contributed by atoms with Crippen molar-refractivity contribution in [1.82, 2.24) is 9.97 Å². The van der Waals surface area contributed by atoms with E-state index in [4.69, 9.17) is 9.52 Å². The van der Waals surface area contributed by atoms with Gasteiger partial charge in [-0.05, 0) is 18.2 Å². The molecule has 6 nitrogen and oxygen atoms in total. The first-order valence-electron chi connectivity index (χ1n) is 4.64. The van der Waals surface area contributed by atoms with E-state index < -0.39 is 16.8 Å². The molecule has 0 fully saturated rings. The summed E-state index contributed by atoms with van der Waals surface area (Å²) in [6.45, 7) is 0. The molecule has 0 amide bonds. The van der Waals surface area contributed by atoms with Crippen LogP contribution in [0, 0.1) is 0 Å². The van der Waals surface area contributed by atoms with Crippen LogP contribution in [0.25, 0.3) is 0 Å². The van der Waals surface area contributed by atoms with Crippen LogP contribution in [-0.2, 0) is 16.6 Å². The molecule has 1 unspecified atom stereocenters. The molecule has 2 heterocycles. The molecule has 0 bridgehead atoms. The minimum Gasteiger partial charge on any atom is -0.475 e. The van der Waals surface area contributed by atoms with Crippen LogP contribution >= 0.6 is 0 Å². The quantitative estimate of drug-likeness (QED) is 0.875. The molecule has 0 saturated carbocycles. The fourth-order valence-electron chi connectivity index (χ4n) is 1.15. The van der Waals surface area contributed by atoms with Gasteiger partial charge >= 0.3 is 5.97 Å². The first kappa shape index (κ1) is 11.5. The van der Waals surface area contributed by atoms with Crippen LogP contribution in [0.3, 0.4) is 0 Å². The van der Waals surface area contributed by atoms with Gasteiger partial charge in [0.1, 0.15) is 5.82 Å². The summed E-state index contributed by atoms with van der Waals surface area (Å²) in [5, 5.41) is 8.76. The standard InChI is InChI=1S/C10H8N2O4S/c13-10(14)7-2-3-9(16-7)17(15)6-8-11-4-1-5-12-8/h1-5H,6H2,(H,13,14). The SMILES string of the molecule is O=C(O)c1ccc(S(=O)Cc2ncccn2)o1. The number of hydrogen-bond donors (Lipinski definition) is 1. The van der Waals surface area contributed by atoms with E-state index in [2.05, 4.69) is 9.97 Å². The van der Waals surface area contributed by atoms with Gasteiger partial charge in [-0.3, -0.25) is 4.21 Å². The third-order valence-electron chi connectivity index (χ3n) is 1.90. The maximum Gasteiger partial charge on any atom is 0.371 e. The number of furan rings is 1. The van der Waals surface area contributed by atoms with E-state index in [1.54, 1.807) is 18.5 Å². The Morgan fingerprint density at radius 1 is 1.35 bits per heavy atom. The van der Waals surface area contributed by atoms with Gasteiger partial charge in [-0.25, -0.2) is 14.8 Å². The Balaban J connectivity index is 2.12. The van der Waals surface area contributed by atoms with Gasteiger partial charge in [-0.15, -0.1) is 0 Å². The molecule has 2 aromatic heterocycles. The van der Waals surface area contributed by atoms with Crippen molar-refractivity contribution in [1.29, 1.82) is 0 Å². The van der Waals surface area contributed by atoms with Crippen molar-refractivity contribution < 1.29 is 18.5 Å². The summed E-state index contributed by atoms with van der Waals surface area (Å²) in [5.41, 5.74) is 0. The zero-order chi connectivity index (χ0) is 12.3. The smallest absolute Gasteiger partial charge is 0.371 e. The lowest BCUT2D eigenvalue weighted by Gasteiger charge is -1.97. The molecule has 0 saturated heterocycles. The van der Waals surface area contributed by atoms with Gasteiger partial charge in [0.2, 0.25) is 5.76 Å². The van der Waals surface area contributed by atoms with E-state index in [0.29, 0.717) is 5.82 Å². The second-order valence-electron chi connectivity index (χ2n) is 3.08. The number of aromatic carboxylic acids is 1. The Morgan fingerprint density at radius 3 is 2.65 bits per heavy atom. The Kier molecular flexibility index (Phi) is 3.29. The highest BCUT2D eigenvalue weighted by Gasteiger charge is 2.14. The summed E-state index contributed by atoms with van der Waals surface area (Å²) >= 11 is 0. The number of carboxylic acid groups (broad SMARTS) is 1. The van der Waals surface area contributed by atoms with Crippen molar-refractivity contribution in [3.05, 3.63) is 42.2 Å². The number of hydrogen-bond acceptors (Lipinski definition) is 5. The highest BCUT2D eigenvalue weighted by atomic mass is 32.2. The van der Waals surface area contributed by atoms with Crippen LogP contribution in [0.5, 0.6) is 0 Å². The van der Waals surface area contributed by atoms with Crippen molar-refractivity contribution in [3.8, 4) is 0 Å². The molecule has 0 aliphatic rings. The van der Waals surface area contributed by atoms with E-state index >= 15 is 0 Å². The summed E-state index contributed by atoms with van der Waals surface area (Å²) < 4.78 is 16.7. The van der Waals surface area contributed by atoms with Crippen LogP contribution in [0.4, 0.5) is 0 Å². The zero-order valence-corrected chi connectivity index (χ0v) is 9.38. The van der Waals surface area contributed by atoms with Crippen molar-refractivity contribution in [2.24, 2.45) is 0 Å². The van der Waals surface area contributed by atoms with E-state index in [1.807, 2.05) is 0 Å². The number of nitrogens with zero attached hydrogens (tertiary/aromatic N) is 2. The third kappa shape index (κ3) is 2.76. The van der Waals surface area contributed by atoms with E-state index in [9.17, 15) is 9.00 Å². The minimum atomic E-state index is -1.49. The zero-order valence-electron chi connectivity index (χ0n) is 8.57. The number of carbonyl (C=O) groups is 1. The fraction of sp³-hybridized carbons (Fsp3) is 0.100. The summed E-state index contributed by atoms with van der Waals surface area (Å²) in [5.74, 6) is -0.918. The Bertz CT molecular complexity index is 552. The predicted molar refractivity (Wildman–Crippen MR) is 57.8 cm³/mol. The Labute approximate surface area is 98.8 Å². The van der Waals surface area contributed by atoms with Crippen LogP contribution in [0.2, 0.25) is 0 Å². The Morgan fingerprint density at radius 2 is 2.06 bits per heavy atom. The third-order valence-corrected chi connectivity index (χ3v) is 3.08. The number of carboxylic acids is 1. The monoisotopic (exact) mass is 252 g/mol. The van der Waals surface area contributed by atoms with Crippen molar-refractivity contribution >= 4 is 16.8 Å². The molecule has 88 valence electrons. The van der Waals surface area contributed by atoms with E-state index in [0.717, 1.165) is 0 Å². The van der Waals surface area contributed by atoms with Gasteiger partial charge in [0.25, 0.3) is 0 Å². The average Bonchev–Trinajstić information content (AvgIpc) is 2.79. The summed E-state index contributed by atoms with van der Waals surface area (Å²) in [7, 11) is -1.49. The molecule has 1 atom stereocenters. The summed E-state index contributed by atoms with van der Waals surface area (Å²) in [6.07, 6.45) is 3.09. The molecule has 0 aliphatic heterocycles. The molecule has 2 rings (SSSR count). The van der Waals surface area contributed by atoms with Gasteiger partial charge < -0.3 is 9.52 Å². The molecule has 17 heavy (non-hydrogen) atoms. The van der Waals surface area contributed by atoms with Crippen molar-refractivity contribution in [2.75, 3.05) is 0 Å². The second-order valence-corrected chi connectivity index (χ2v) is 4.46. The lowest BCUT2D eigenvalue weighted by atomic mass is 10.5. The van der Waals surface area contributed by atoms with Gasteiger partial charge in [-0.1, -0.05) is 0 Å². The lowest BCUT2D eigenvalue weighted by Crippen LogP contribution is -2.00. The maximum absolute atomic E-state index is 11.8. The van der Waals surface area contributed by atoms with E-state index in [1.165, 1.54) is 12.1 Å². The highest BCUT2D eigenvalue weighted by molar-refractivity contribution is 7.84. The minimum absolute atomic E-state index is 0.0907. The van der Waals surface area contributed by atoms with Gasteiger partial charge in [0.05, 0.1) is 16.6 Å². The fourth-order valence-corrected chi connectivity index (χ4v) is 2.08. The maximum atomic E-state index is 11.8. The van der Waals surface area contributed by atoms with Crippen LogP contribution in [0.15, 0.2) is 40.1 Å². The van der Waals surface area contributed by atoms with Crippen molar-refractivity contribution in [3.63, 3.8) is 0 Å². The topological polar surface area (TPSA) is 93.3 Å². The molecule has 1 N–H and O–H groups in total. The first-order chi connectivity index (χ1) is 8.16. The van der Waals surface area contributed by atoms with Crippen LogP contribution in [0.1, 0.15) is 16.4 Å². The Hall–Kier alpha value is -2.02. The number of rotatable bonds is 4. The van der Waals surface area contributed by atoms with Gasteiger partial charge in [0, 0.05) is 12.4 Å². The molecule has 7 heteroatoms.